The van der Waals surface area contributed by atoms with E-state index in [-0.39, 0.29) is 4.90 Å². The summed E-state index contributed by atoms with van der Waals surface area (Å²) in [4.78, 5) is 0.251. The van der Waals surface area contributed by atoms with Gasteiger partial charge >= 0.3 is 0 Å². The molecule has 160 valence electrons. The predicted molar refractivity (Wildman–Crippen MR) is 121 cm³/mol. The van der Waals surface area contributed by atoms with Crippen molar-refractivity contribution in [1.82, 2.24) is 9.29 Å². The first-order valence-electron chi connectivity index (χ1n) is 9.96. The number of nitrogens with one attached hydrogen (secondary N) is 1. The first-order valence-corrected chi connectivity index (χ1v) is 11.4. The van der Waals surface area contributed by atoms with Crippen LogP contribution in [0.15, 0.2) is 90.0 Å². The number of fused-ring (bicyclic) bond motifs is 1. The summed E-state index contributed by atoms with van der Waals surface area (Å²) in [5.41, 5.74) is 1.72. The van der Waals surface area contributed by atoms with Crippen LogP contribution in [0.25, 0.3) is 10.9 Å². The van der Waals surface area contributed by atoms with Crippen LogP contribution in [0.1, 0.15) is 5.56 Å². The van der Waals surface area contributed by atoms with Gasteiger partial charge in [-0.1, -0.05) is 30.3 Å². The normalized spacial score (nSPS) is 11.5. The quantitative estimate of drug-likeness (QED) is 0.401. The Balaban J connectivity index is 1.41. The molecule has 0 aliphatic heterocycles. The molecule has 0 saturated carbocycles. The first-order chi connectivity index (χ1) is 15.1. The molecule has 0 aliphatic rings. The summed E-state index contributed by atoms with van der Waals surface area (Å²) >= 11 is 0. The molecule has 6 nitrogen and oxygen atoms in total. The van der Waals surface area contributed by atoms with Crippen LogP contribution >= 0.6 is 0 Å². The van der Waals surface area contributed by atoms with Gasteiger partial charge in [-0.05, 0) is 48.0 Å². The summed E-state index contributed by atoms with van der Waals surface area (Å²) in [7, 11) is -2.01. The lowest BCUT2D eigenvalue weighted by atomic mass is 10.2. The fourth-order valence-electron chi connectivity index (χ4n) is 3.35. The molecule has 0 atom stereocenters. The average molecular weight is 437 g/mol. The molecular formula is C24H24N2O4S. The minimum atomic E-state index is -3.67. The van der Waals surface area contributed by atoms with Crippen LogP contribution < -0.4 is 14.8 Å². The molecule has 0 amide bonds. The Bertz CT molecular complexity index is 1270. The molecular weight excluding hydrogens is 412 g/mol. The lowest BCUT2D eigenvalue weighted by molar-refractivity contribution is 0.314. The second-order valence-electron chi connectivity index (χ2n) is 7.03. The van der Waals surface area contributed by atoms with Crippen LogP contribution in [-0.4, -0.2) is 32.7 Å². The molecule has 0 radical (unpaired) electrons. The Kier molecular flexibility index (Phi) is 6.25. The highest BCUT2D eigenvalue weighted by Crippen LogP contribution is 2.26. The summed E-state index contributed by atoms with van der Waals surface area (Å²) in [6.07, 6.45) is 1.58. The molecule has 1 N–H and O–H groups in total. The van der Waals surface area contributed by atoms with E-state index >= 15 is 0 Å². The van der Waals surface area contributed by atoms with Crippen LogP contribution in [0.3, 0.4) is 0 Å². The Morgan fingerprint density at radius 1 is 0.903 bits per heavy atom. The molecule has 3 aromatic carbocycles. The van der Waals surface area contributed by atoms with Crippen LogP contribution in [0, 0.1) is 0 Å². The largest absolute Gasteiger partial charge is 0.497 e. The maximum atomic E-state index is 13.0. The van der Waals surface area contributed by atoms with Crippen molar-refractivity contribution in [3.05, 3.63) is 90.6 Å². The molecule has 0 unspecified atom stereocenters. The van der Waals surface area contributed by atoms with Gasteiger partial charge in [-0.15, -0.1) is 0 Å². The zero-order valence-electron chi connectivity index (χ0n) is 17.2. The van der Waals surface area contributed by atoms with E-state index in [0.29, 0.717) is 31.0 Å². The maximum Gasteiger partial charge on any atom is 0.268 e. The molecule has 0 bridgehead atoms. The minimum Gasteiger partial charge on any atom is -0.497 e. The zero-order chi connectivity index (χ0) is 21.7. The number of ether oxygens (including phenoxy) is 2. The fraction of sp³-hybridized carbons (Fsp3) is 0.167. The molecule has 1 aromatic heterocycles. The Labute approximate surface area is 182 Å². The van der Waals surface area contributed by atoms with Crippen molar-refractivity contribution in [2.75, 3.05) is 20.3 Å². The van der Waals surface area contributed by atoms with Crippen LogP contribution in [0.5, 0.6) is 11.5 Å². The van der Waals surface area contributed by atoms with Crippen LogP contribution in [-0.2, 0) is 16.6 Å². The molecule has 1 heterocycles. The van der Waals surface area contributed by atoms with Crippen molar-refractivity contribution in [2.24, 2.45) is 0 Å². The highest BCUT2D eigenvalue weighted by molar-refractivity contribution is 7.90. The summed E-state index contributed by atoms with van der Waals surface area (Å²) in [5, 5.41) is 4.17. The van der Waals surface area contributed by atoms with E-state index < -0.39 is 10.0 Å². The van der Waals surface area contributed by atoms with Gasteiger partial charge < -0.3 is 14.8 Å². The Morgan fingerprint density at radius 2 is 1.74 bits per heavy atom. The van der Waals surface area contributed by atoms with Gasteiger partial charge in [0, 0.05) is 30.7 Å². The third kappa shape index (κ3) is 4.73. The monoisotopic (exact) mass is 436 g/mol. The summed E-state index contributed by atoms with van der Waals surface area (Å²) < 4.78 is 38.4. The SMILES string of the molecule is COc1cccc(CNCCOc2ccc3ccn(S(=O)(=O)c4ccccc4)c3c2)c1. The number of aromatic nitrogens is 1. The second kappa shape index (κ2) is 9.24. The number of hydrogen-bond donors (Lipinski definition) is 1. The molecule has 0 spiro atoms. The Morgan fingerprint density at radius 3 is 2.55 bits per heavy atom. The summed E-state index contributed by atoms with van der Waals surface area (Å²) in [6, 6.07) is 23.6. The number of benzene rings is 3. The van der Waals surface area contributed by atoms with Gasteiger partial charge in [-0.3, -0.25) is 0 Å². The number of hydrogen-bond acceptors (Lipinski definition) is 5. The Hall–Kier alpha value is -3.29. The van der Waals surface area contributed by atoms with E-state index in [9.17, 15) is 8.42 Å². The van der Waals surface area contributed by atoms with Crippen molar-refractivity contribution < 1.29 is 17.9 Å². The van der Waals surface area contributed by atoms with E-state index in [2.05, 4.69) is 5.32 Å². The maximum absolute atomic E-state index is 13.0. The van der Waals surface area contributed by atoms with E-state index in [4.69, 9.17) is 9.47 Å². The van der Waals surface area contributed by atoms with Gasteiger partial charge in [-0.25, -0.2) is 12.4 Å². The van der Waals surface area contributed by atoms with E-state index in [1.807, 2.05) is 36.4 Å². The number of rotatable bonds is 9. The van der Waals surface area contributed by atoms with Crippen LogP contribution in [0.2, 0.25) is 0 Å². The first kappa shape index (κ1) is 21.0. The standard InChI is InChI=1S/C24H24N2O4S/c1-29-21-7-5-6-19(16-21)18-25-13-15-30-22-11-10-20-12-14-26(24(20)17-22)31(27,28)23-8-3-2-4-9-23/h2-12,14,16-17,25H,13,15,18H2,1H3. The van der Waals surface area contributed by atoms with Gasteiger partial charge in [0.25, 0.3) is 10.0 Å². The smallest absolute Gasteiger partial charge is 0.268 e. The van der Waals surface area contributed by atoms with Gasteiger partial charge in [0.2, 0.25) is 0 Å². The number of nitrogens with zero attached hydrogens (tertiary/aromatic N) is 1. The van der Waals surface area contributed by atoms with Gasteiger partial charge in [-0.2, -0.15) is 0 Å². The van der Waals surface area contributed by atoms with E-state index in [1.54, 1.807) is 55.8 Å². The molecule has 4 rings (SSSR count). The third-order valence-corrected chi connectivity index (χ3v) is 6.64. The van der Waals surface area contributed by atoms with Gasteiger partial charge in [0.15, 0.2) is 0 Å². The lowest BCUT2D eigenvalue weighted by Gasteiger charge is -2.10. The fourth-order valence-corrected chi connectivity index (χ4v) is 4.71. The van der Waals surface area contributed by atoms with E-state index in [0.717, 1.165) is 16.7 Å². The van der Waals surface area contributed by atoms with Gasteiger partial charge in [0.05, 0.1) is 17.5 Å². The molecule has 31 heavy (non-hydrogen) atoms. The average Bonchev–Trinajstić information content (AvgIpc) is 3.24. The summed E-state index contributed by atoms with van der Waals surface area (Å²) in [5.74, 6) is 1.45. The van der Waals surface area contributed by atoms with Crippen molar-refractivity contribution in [3.63, 3.8) is 0 Å². The predicted octanol–water partition coefficient (Wildman–Crippen LogP) is 4.06. The topological polar surface area (TPSA) is 69.6 Å². The van der Waals surface area contributed by atoms with E-state index in [1.165, 1.54) is 3.97 Å². The molecule has 4 aromatic rings. The molecule has 0 fully saturated rings. The van der Waals surface area contributed by atoms with Gasteiger partial charge in [0.1, 0.15) is 18.1 Å². The van der Waals surface area contributed by atoms with Crippen molar-refractivity contribution in [3.8, 4) is 11.5 Å². The second-order valence-corrected chi connectivity index (χ2v) is 8.84. The minimum absolute atomic E-state index is 0.251. The highest BCUT2D eigenvalue weighted by atomic mass is 32.2. The van der Waals surface area contributed by atoms with Crippen molar-refractivity contribution in [2.45, 2.75) is 11.4 Å². The lowest BCUT2D eigenvalue weighted by Crippen LogP contribution is -2.20. The highest BCUT2D eigenvalue weighted by Gasteiger charge is 2.18. The summed E-state index contributed by atoms with van der Waals surface area (Å²) in [6.45, 7) is 1.82. The van der Waals surface area contributed by atoms with Crippen LogP contribution in [0.4, 0.5) is 0 Å². The van der Waals surface area contributed by atoms with Crippen molar-refractivity contribution >= 4 is 20.9 Å². The zero-order valence-corrected chi connectivity index (χ0v) is 18.0. The molecule has 7 heteroatoms. The molecule has 0 aliphatic carbocycles. The van der Waals surface area contributed by atoms with Crippen molar-refractivity contribution in [1.29, 1.82) is 0 Å². The molecule has 0 saturated heterocycles. The number of methoxy groups -OCH3 is 1. The third-order valence-electron chi connectivity index (χ3n) is 4.94.